The number of carbonyl (C=O) groups is 1. The number of methoxy groups -OCH3 is 1. The standard InChI is InChI=1S/C23H21N5O3/c1-31-18-5-4-16-11-17(12-21(19(16)13-18)28-23(29)30)20-7-10-26-22(27-20)25-9-6-15-3-2-8-24-14-15/h2-5,7-8,10-14,28H,6,9H2,1H3,(H,29,30)(H,25,26,27). The summed E-state index contributed by atoms with van der Waals surface area (Å²) < 4.78 is 5.27. The summed E-state index contributed by atoms with van der Waals surface area (Å²) in [5, 5.41) is 16.6. The summed E-state index contributed by atoms with van der Waals surface area (Å²) in [6.07, 6.45) is 4.92. The predicted molar refractivity (Wildman–Crippen MR) is 120 cm³/mol. The zero-order valence-corrected chi connectivity index (χ0v) is 16.9. The van der Waals surface area contributed by atoms with Gasteiger partial charge in [0.15, 0.2) is 0 Å². The monoisotopic (exact) mass is 415 g/mol. The molecule has 8 nitrogen and oxygen atoms in total. The van der Waals surface area contributed by atoms with Crippen molar-refractivity contribution in [1.82, 2.24) is 15.0 Å². The van der Waals surface area contributed by atoms with Crippen molar-refractivity contribution in [2.45, 2.75) is 6.42 Å². The molecule has 156 valence electrons. The van der Waals surface area contributed by atoms with Crippen LogP contribution in [0.3, 0.4) is 0 Å². The molecule has 0 saturated carbocycles. The second-order valence-electron chi connectivity index (χ2n) is 6.84. The number of hydrogen-bond donors (Lipinski definition) is 3. The van der Waals surface area contributed by atoms with Crippen LogP contribution in [-0.4, -0.2) is 39.8 Å². The lowest BCUT2D eigenvalue weighted by molar-refractivity contribution is 0.210. The predicted octanol–water partition coefficient (Wildman–Crippen LogP) is 4.44. The van der Waals surface area contributed by atoms with Crippen LogP contribution < -0.4 is 15.4 Å². The van der Waals surface area contributed by atoms with Crippen molar-refractivity contribution in [2.75, 3.05) is 24.3 Å². The van der Waals surface area contributed by atoms with Crippen molar-refractivity contribution in [2.24, 2.45) is 0 Å². The molecule has 4 rings (SSSR count). The van der Waals surface area contributed by atoms with Gasteiger partial charge in [0.05, 0.1) is 18.5 Å². The summed E-state index contributed by atoms with van der Waals surface area (Å²) in [7, 11) is 1.57. The molecule has 2 aromatic carbocycles. The molecule has 0 radical (unpaired) electrons. The zero-order chi connectivity index (χ0) is 21.6. The van der Waals surface area contributed by atoms with Gasteiger partial charge in [-0.1, -0.05) is 12.1 Å². The van der Waals surface area contributed by atoms with Gasteiger partial charge >= 0.3 is 6.09 Å². The molecule has 2 heterocycles. The van der Waals surface area contributed by atoms with Gasteiger partial charge in [-0.15, -0.1) is 0 Å². The molecule has 0 spiro atoms. The number of benzene rings is 2. The van der Waals surface area contributed by atoms with Crippen LogP contribution in [-0.2, 0) is 6.42 Å². The number of amides is 1. The molecule has 3 N–H and O–H groups in total. The maximum Gasteiger partial charge on any atom is 0.409 e. The number of carboxylic acid groups (broad SMARTS) is 1. The molecule has 0 atom stereocenters. The number of ether oxygens (including phenoxy) is 1. The van der Waals surface area contributed by atoms with Crippen LogP contribution in [0, 0.1) is 0 Å². The Kier molecular flexibility index (Phi) is 5.89. The molecule has 1 amide bonds. The van der Waals surface area contributed by atoms with Gasteiger partial charge in [0, 0.05) is 36.1 Å². The van der Waals surface area contributed by atoms with E-state index in [2.05, 4.69) is 25.6 Å². The van der Waals surface area contributed by atoms with Crippen molar-refractivity contribution in [1.29, 1.82) is 0 Å². The van der Waals surface area contributed by atoms with E-state index in [0.29, 0.717) is 29.6 Å². The van der Waals surface area contributed by atoms with Crippen LogP contribution in [0.5, 0.6) is 5.75 Å². The molecule has 31 heavy (non-hydrogen) atoms. The van der Waals surface area contributed by atoms with Crippen LogP contribution in [0.1, 0.15) is 5.56 Å². The average Bonchev–Trinajstić information content (AvgIpc) is 2.79. The molecule has 0 unspecified atom stereocenters. The van der Waals surface area contributed by atoms with Crippen molar-refractivity contribution in [3.05, 3.63) is 72.7 Å². The number of pyridine rings is 1. The van der Waals surface area contributed by atoms with E-state index in [1.54, 1.807) is 37.7 Å². The minimum absolute atomic E-state index is 0.462. The number of nitrogens with zero attached hydrogens (tertiary/aromatic N) is 3. The number of rotatable bonds is 7. The molecule has 0 bridgehead atoms. The largest absolute Gasteiger partial charge is 0.497 e. The van der Waals surface area contributed by atoms with E-state index >= 15 is 0 Å². The summed E-state index contributed by atoms with van der Waals surface area (Å²) in [6.45, 7) is 0.665. The smallest absolute Gasteiger partial charge is 0.409 e. The Morgan fingerprint density at radius 1 is 1.13 bits per heavy atom. The third kappa shape index (κ3) is 4.87. The first-order valence-electron chi connectivity index (χ1n) is 9.70. The fraction of sp³-hybridized carbons (Fsp3) is 0.130. The quantitative estimate of drug-likeness (QED) is 0.409. The van der Waals surface area contributed by atoms with Crippen LogP contribution in [0.25, 0.3) is 22.0 Å². The lowest BCUT2D eigenvalue weighted by Crippen LogP contribution is -2.09. The highest BCUT2D eigenvalue weighted by atomic mass is 16.5. The Labute approximate surface area is 179 Å². The third-order valence-electron chi connectivity index (χ3n) is 4.77. The Morgan fingerprint density at radius 3 is 2.81 bits per heavy atom. The summed E-state index contributed by atoms with van der Waals surface area (Å²) in [5.41, 5.74) is 3.05. The number of aromatic nitrogens is 3. The second-order valence-corrected chi connectivity index (χ2v) is 6.84. The minimum atomic E-state index is -1.14. The van der Waals surface area contributed by atoms with Crippen LogP contribution in [0.15, 0.2) is 67.1 Å². The first kappa shape index (κ1) is 20.1. The van der Waals surface area contributed by atoms with Gasteiger partial charge < -0.3 is 15.2 Å². The van der Waals surface area contributed by atoms with E-state index in [-0.39, 0.29) is 0 Å². The van der Waals surface area contributed by atoms with E-state index < -0.39 is 6.09 Å². The maximum atomic E-state index is 11.3. The molecule has 0 aliphatic heterocycles. The van der Waals surface area contributed by atoms with Gasteiger partial charge in [0.1, 0.15) is 5.75 Å². The number of hydrogen-bond acceptors (Lipinski definition) is 6. The second kappa shape index (κ2) is 9.08. The summed E-state index contributed by atoms with van der Waals surface area (Å²) in [5.74, 6) is 1.15. The molecule has 0 aliphatic carbocycles. The SMILES string of the molecule is COc1ccc2cc(-c3ccnc(NCCc4cccnc4)n3)cc(NC(=O)O)c2c1. The van der Waals surface area contributed by atoms with E-state index in [1.165, 1.54) is 0 Å². The van der Waals surface area contributed by atoms with Crippen LogP contribution in [0.2, 0.25) is 0 Å². The van der Waals surface area contributed by atoms with Gasteiger partial charge in [0.2, 0.25) is 5.95 Å². The Balaban J connectivity index is 1.61. The minimum Gasteiger partial charge on any atom is -0.497 e. The highest BCUT2D eigenvalue weighted by Crippen LogP contribution is 2.33. The first-order valence-corrected chi connectivity index (χ1v) is 9.70. The van der Waals surface area contributed by atoms with Crippen molar-refractivity contribution in [3.63, 3.8) is 0 Å². The third-order valence-corrected chi connectivity index (χ3v) is 4.77. The summed E-state index contributed by atoms with van der Waals surface area (Å²) in [6, 6.07) is 15.0. The first-order chi connectivity index (χ1) is 15.1. The Morgan fingerprint density at radius 2 is 2.03 bits per heavy atom. The van der Waals surface area contributed by atoms with E-state index in [4.69, 9.17) is 4.74 Å². The Bertz CT molecular complexity index is 1210. The molecular weight excluding hydrogens is 394 g/mol. The van der Waals surface area contributed by atoms with Crippen LogP contribution >= 0.6 is 0 Å². The average molecular weight is 415 g/mol. The maximum absolute atomic E-state index is 11.3. The molecule has 4 aromatic rings. The topological polar surface area (TPSA) is 109 Å². The van der Waals surface area contributed by atoms with Crippen molar-refractivity contribution >= 4 is 28.5 Å². The molecular formula is C23H21N5O3. The normalized spacial score (nSPS) is 10.6. The van der Waals surface area contributed by atoms with E-state index in [0.717, 1.165) is 28.3 Å². The molecule has 0 aliphatic rings. The molecule has 2 aromatic heterocycles. The van der Waals surface area contributed by atoms with Crippen molar-refractivity contribution in [3.8, 4) is 17.0 Å². The number of nitrogens with one attached hydrogen (secondary N) is 2. The van der Waals surface area contributed by atoms with Gasteiger partial charge in [-0.2, -0.15) is 0 Å². The van der Waals surface area contributed by atoms with Crippen molar-refractivity contribution < 1.29 is 14.6 Å². The number of fused-ring (bicyclic) bond motifs is 1. The van der Waals surface area contributed by atoms with Crippen LogP contribution in [0.4, 0.5) is 16.4 Å². The zero-order valence-electron chi connectivity index (χ0n) is 16.9. The highest BCUT2D eigenvalue weighted by molar-refractivity contribution is 6.02. The summed E-state index contributed by atoms with van der Waals surface area (Å²) >= 11 is 0. The number of anilines is 2. The van der Waals surface area contributed by atoms with Gasteiger partial charge in [-0.25, -0.2) is 14.8 Å². The fourth-order valence-electron chi connectivity index (χ4n) is 3.30. The fourth-order valence-corrected chi connectivity index (χ4v) is 3.30. The van der Waals surface area contributed by atoms with Gasteiger partial charge in [-0.3, -0.25) is 10.3 Å². The molecule has 0 fully saturated rings. The molecule has 8 heteroatoms. The molecule has 0 saturated heterocycles. The summed E-state index contributed by atoms with van der Waals surface area (Å²) in [4.78, 5) is 24.3. The Hall–Kier alpha value is -4.20. The lowest BCUT2D eigenvalue weighted by atomic mass is 10.0. The van der Waals surface area contributed by atoms with E-state index in [1.807, 2.05) is 36.5 Å². The van der Waals surface area contributed by atoms with Gasteiger partial charge in [0.25, 0.3) is 0 Å². The van der Waals surface area contributed by atoms with Gasteiger partial charge in [-0.05, 0) is 53.8 Å². The lowest BCUT2D eigenvalue weighted by Gasteiger charge is -2.12. The van der Waals surface area contributed by atoms with E-state index in [9.17, 15) is 9.90 Å². The highest BCUT2D eigenvalue weighted by Gasteiger charge is 2.11.